The zero-order chi connectivity index (χ0) is 8.10. The Hall–Kier alpha value is -1.38. The Bertz CT molecular complexity index is 248. The number of hydrogen-bond acceptors (Lipinski definition) is 3. The van der Waals surface area contributed by atoms with Crippen LogP contribution in [0.15, 0.2) is 18.3 Å². The number of carbonyl (C=O) groups is 1. The summed E-state index contributed by atoms with van der Waals surface area (Å²) in [5.41, 5.74) is 0.923. The van der Waals surface area contributed by atoms with Crippen molar-refractivity contribution < 1.29 is 9.53 Å². The predicted molar refractivity (Wildman–Crippen MR) is 40.6 cm³/mol. The molecule has 0 aromatic carbocycles. The van der Waals surface area contributed by atoms with Gasteiger partial charge in [0.2, 0.25) is 5.88 Å². The summed E-state index contributed by atoms with van der Waals surface area (Å²) < 4.78 is 4.87. The molecule has 0 aliphatic rings. The fourth-order valence-electron chi connectivity index (χ4n) is 0.785. The average molecular weight is 151 g/mol. The number of ether oxygens (including phenoxy) is 1. The van der Waals surface area contributed by atoms with Gasteiger partial charge in [-0.25, -0.2) is 4.98 Å². The van der Waals surface area contributed by atoms with E-state index < -0.39 is 0 Å². The summed E-state index contributed by atoms with van der Waals surface area (Å²) in [5, 5.41) is 0. The summed E-state index contributed by atoms with van der Waals surface area (Å²) in [6, 6.07) is 3.53. The lowest BCUT2D eigenvalue weighted by atomic mass is 10.2. The van der Waals surface area contributed by atoms with Crippen molar-refractivity contribution in [2.75, 3.05) is 7.11 Å². The van der Waals surface area contributed by atoms with E-state index in [0.717, 1.165) is 11.8 Å². The fraction of sp³-hybridized carbons (Fsp3) is 0.250. The van der Waals surface area contributed by atoms with Gasteiger partial charge in [-0.15, -0.1) is 0 Å². The quantitative estimate of drug-likeness (QED) is 0.601. The van der Waals surface area contributed by atoms with Crippen LogP contribution in [0, 0.1) is 0 Å². The van der Waals surface area contributed by atoms with Gasteiger partial charge in [-0.05, 0) is 11.6 Å². The van der Waals surface area contributed by atoms with Gasteiger partial charge < -0.3 is 9.53 Å². The molecule has 0 N–H and O–H groups in total. The summed E-state index contributed by atoms with van der Waals surface area (Å²) in [4.78, 5) is 14.0. The van der Waals surface area contributed by atoms with Crippen LogP contribution in [0.5, 0.6) is 5.88 Å². The molecule has 0 unspecified atom stereocenters. The van der Waals surface area contributed by atoms with E-state index in [0.29, 0.717) is 12.3 Å². The zero-order valence-electron chi connectivity index (χ0n) is 6.28. The second-order valence-electron chi connectivity index (χ2n) is 2.08. The lowest BCUT2D eigenvalue weighted by molar-refractivity contribution is -0.107. The number of methoxy groups -OCH3 is 1. The van der Waals surface area contributed by atoms with E-state index >= 15 is 0 Å². The average Bonchev–Trinajstić information content (AvgIpc) is 2.06. The summed E-state index contributed by atoms with van der Waals surface area (Å²) in [5.74, 6) is 0.546. The number of nitrogens with zero attached hydrogens (tertiary/aromatic N) is 1. The van der Waals surface area contributed by atoms with Crippen molar-refractivity contribution in [3.63, 3.8) is 0 Å². The van der Waals surface area contributed by atoms with Gasteiger partial charge in [-0.1, -0.05) is 0 Å². The Morgan fingerprint density at radius 3 is 3.18 bits per heavy atom. The SMILES string of the molecule is COc1cc(CC=O)ccn1. The van der Waals surface area contributed by atoms with Crippen molar-refractivity contribution in [1.29, 1.82) is 0 Å². The van der Waals surface area contributed by atoms with E-state index in [1.54, 1.807) is 25.4 Å². The first-order valence-corrected chi connectivity index (χ1v) is 3.29. The van der Waals surface area contributed by atoms with E-state index in [1.165, 1.54) is 0 Å². The molecule has 0 atom stereocenters. The van der Waals surface area contributed by atoms with Crippen LogP contribution in [0.2, 0.25) is 0 Å². The van der Waals surface area contributed by atoms with Crippen LogP contribution in [-0.2, 0) is 11.2 Å². The van der Waals surface area contributed by atoms with Crippen LogP contribution < -0.4 is 4.74 Å². The molecule has 0 bridgehead atoms. The van der Waals surface area contributed by atoms with Crippen LogP contribution >= 0.6 is 0 Å². The van der Waals surface area contributed by atoms with Crippen LogP contribution in [-0.4, -0.2) is 18.4 Å². The minimum atomic E-state index is 0.416. The number of rotatable bonds is 3. The standard InChI is InChI=1S/C8H9NO2/c1-11-8-6-7(3-5-10)2-4-9-8/h2,4-6H,3H2,1H3. The topological polar surface area (TPSA) is 39.2 Å². The fourth-order valence-corrected chi connectivity index (χ4v) is 0.785. The van der Waals surface area contributed by atoms with Gasteiger partial charge in [0.25, 0.3) is 0 Å². The van der Waals surface area contributed by atoms with Gasteiger partial charge in [0.05, 0.1) is 7.11 Å². The van der Waals surface area contributed by atoms with Crippen molar-refractivity contribution in [3.05, 3.63) is 23.9 Å². The molecule has 0 aliphatic carbocycles. The lowest BCUT2D eigenvalue weighted by Crippen LogP contribution is -1.90. The van der Waals surface area contributed by atoms with Gasteiger partial charge in [-0.3, -0.25) is 0 Å². The maximum atomic E-state index is 10.1. The Kier molecular flexibility index (Phi) is 2.60. The Morgan fingerprint density at radius 2 is 2.55 bits per heavy atom. The molecule has 0 amide bonds. The lowest BCUT2D eigenvalue weighted by Gasteiger charge is -1.98. The summed E-state index contributed by atoms with van der Waals surface area (Å²) in [6.45, 7) is 0. The molecular weight excluding hydrogens is 142 g/mol. The van der Waals surface area contributed by atoms with Crippen LogP contribution in [0.25, 0.3) is 0 Å². The Balaban J connectivity index is 2.82. The van der Waals surface area contributed by atoms with E-state index in [2.05, 4.69) is 4.98 Å². The van der Waals surface area contributed by atoms with Crippen molar-refractivity contribution in [1.82, 2.24) is 4.98 Å². The molecule has 0 saturated carbocycles. The summed E-state index contributed by atoms with van der Waals surface area (Å²) in [6.07, 6.45) is 2.89. The number of carbonyl (C=O) groups excluding carboxylic acids is 1. The molecule has 0 radical (unpaired) electrons. The normalized spacial score (nSPS) is 9.18. The first-order chi connectivity index (χ1) is 5.36. The summed E-state index contributed by atoms with van der Waals surface area (Å²) in [7, 11) is 1.55. The Labute approximate surface area is 65.0 Å². The van der Waals surface area contributed by atoms with Crippen LogP contribution in [0.4, 0.5) is 0 Å². The van der Waals surface area contributed by atoms with Gasteiger partial charge in [-0.2, -0.15) is 0 Å². The molecule has 3 heteroatoms. The van der Waals surface area contributed by atoms with Crippen molar-refractivity contribution in [3.8, 4) is 5.88 Å². The molecule has 0 aliphatic heterocycles. The summed E-state index contributed by atoms with van der Waals surface area (Å²) >= 11 is 0. The van der Waals surface area contributed by atoms with E-state index in [9.17, 15) is 4.79 Å². The third-order valence-electron chi connectivity index (χ3n) is 1.33. The maximum Gasteiger partial charge on any atom is 0.213 e. The largest absolute Gasteiger partial charge is 0.481 e. The van der Waals surface area contributed by atoms with Crippen molar-refractivity contribution in [2.24, 2.45) is 0 Å². The van der Waals surface area contributed by atoms with Gasteiger partial charge in [0, 0.05) is 18.7 Å². The van der Waals surface area contributed by atoms with E-state index in [-0.39, 0.29) is 0 Å². The third kappa shape index (κ3) is 2.04. The molecule has 0 saturated heterocycles. The minimum Gasteiger partial charge on any atom is -0.481 e. The second kappa shape index (κ2) is 3.71. The molecule has 1 aromatic heterocycles. The number of aromatic nitrogens is 1. The molecule has 58 valence electrons. The third-order valence-corrected chi connectivity index (χ3v) is 1.33. The van der Waals surface area contributed by atoms with Crippen LogP contribution in [0.3, 0.4) is 0 Å². The van der Waals surface area contributed by atoms with Gasteiger partial charge >= 0.3 is 0 Å². The molecule has 3 nitrogen and oxygen atoms in total. The zero-order valence-corrected chi connectivity index (χ0v) is 6.28. The number of aldehydes is 1. The number of pyridine rings is 1. The smallest absolute Gasteiger partial charge is 0.213 e. The van der Waals surface area contributed by atoms with Gasteiger partial charge in [0.15, 0.2) is 0 Å². The first kappa shape index (κ1) is 7.72. The molecule has 0 spiro atoms. The highest BCUT2D eigenvalue weighted by molar-refractivity contribution is 5.54. The number of hydrogen-bond donors (Lipinski definition) is 0. The molecular formula is C8H9NO2. The predicted octanol–water partition coefficient (Wildman–Crippen LogP) is 0.832. The highest BCUT2D eigenvalue weighted by Crippen LogP contribution is 2.07. The molecule has 11 heavy (non-hydrogen) atoms. The monoisotopic (exact) mass is 151 g/mol. The molecule has 1 aromatic rings. The van der Waals surface area contributed by atoms with Crippen molar-refractivity contribution in [2.45, 2.75) is 6.42 Å². The van der Waals surface area contributed by atoms with E-state index in [1.807, 2.05) is 0 Å². The molecule has 0 fully saturated rings. The first-order valence-electron chi connectivity index (χ1n) is 3.29. The van der Waals surface area contributed by atoms with Crippen molar-refractivity contribution >= 4 is 6.29 Å². The highest BCUT2D eigenvalue weighted by atomic mass is 16.5. The Morgan fingerprint density at radius 1 is 1.73 bits per heavy atom. The van der Waals surface area contributed by atoms with Crippen LogP contribution in [0.1, 0.15) is 5.56 Å². The molecule has 1 rings (SSSR count). The second-order valence-corrected chi connectivity index (χ2v) is 2.08. The highest BCUT2D eigenvalue weighted by Gasteiger charge is 1.94. The minimum absolute atomic E-state index is 0.416. The van der Waals surface area contributed by atoms with E-state index in [4.69, 9.17) is 4.74 Å². The maximum absolute atomic E-state index is 10.1. The van der Waals surface area contributed by atoms with Gasteiger partial charge in [0.1, 0.15) is 6.29 Å². The molecule has 1 heterocycles.